The maximum Gasteiger partial charge on any atom is 0.401 e. The molecule has 2 rings (SSSR count). The van der Waals surface area contributed by atoms with Gasteiger partial charge in [-0.2, -0.15) is 13.2 Å². The zero-order valence-corrected chi connectivity index (χ0v) is 10.2. The number of carbonyl (C=O) groups excluding carboxylic acids is 1. The van der Waals surface area contributed by atoms with Gasteiger partial charge < -0.3 is 10.0 Å². The van der Waals surface area contributed by atoms with E-state index in [1.165, 1.54) is 9.80 Å². The second-order valence-corrected chi connectivity index (χ2v) is 5.00. The molecule has 0 radical (unpaired) electrons. The quantitative estimate of drug-likeness (QED) is 0.813. The molecule has 1 aliphatic heterocycles. The molecule has 1 saturated heterocycles. The average Bonchev–Trinajstić information content (AvgIpc) is 3.07. The Morgan fingerprint density at radius 1 is 1.11 bits per heavy atom. The Morgan fingerprint density at radius 2 is 1.68 bits per heavy atom. The fourth-order valence-corrected chi connectivity index (χ4v) is 2.36. The molecule has 2 unspecified atom stereocenters. The van der Waals surface area contributed by atoms with Gasteiger partial charge in [0.05, 0.1) is 18.4 Å². The van der Waals surface area contributed by atoms with Crippen LogP contribution in [0.1, 0.15) is 6.42 Å². The highest BCUT2D eigenvalue weighted by atomic mass is 19.4. The van der Waals surface area contributed by atoms with Crippen LogP contribution < -0.4 is 0 Å². The van der Waals surface area contributed by atoms with Crippen LogP contribution in [0.25, 0.3) is 0 Å². The highest BCUT2D eigenvalue weighted by Gasteiger charge is 2.50. The zero-order valence-electron chi connectivity index (χ0n) is 10.2. The first-order valence-corrected chi connectivity index (χ1v) is 6.08. The lowest BCUT2D eigenvalue weighted by Gasteiger charge is -2.35. The van der Waals surface area contributed by atoms with E-state index < -0.39 is 30.5 Å². The minimum Gasteiger partial charge on any atom is -0.481 e. The van der Waals surface area contributed by atoms with Crippen molar-refractivity contribution in [2.75, 3.05) is 32.7 Å². The number of amides is 1. The number of carboxylic acid groups (broad SMARTS) is 1. The molecule has 5 nitrogen and oxygen atoms in total. The summed E-state index contributed by atoms with van der Waals surface area (Å²) in [5.74, 6) is -2.31. The smallest absolute Gasteiger partial charge is 0.401 e. The van der Waals surface area contributed by atoms with Crippen molar-refractivity contribution in [1.82, 2.24) is 9.80 Å². The van der Waals surface area contributed by atoms with E-state index in [0.29, 0.717) is 6.42 Å². The van der Waals surface area contributed by atoms with Crippen LogP contribution in [0.5, 0.6) is 0 Å². The Labute approximate surface area is 108 Å². The van der Waals surface area contributed by atoms with Gasteiger partial charge >= 0.3 is 12.1 Å². The standard InChI is InChI=1S/C11H15F3N2O3/c12-11(13,14)6-15-1-3-16(4-2-15)9(17)7-5-8(7)10(18)19/h7-8H,1-6H2,(H,18,19). The van der Waals surface area contributed by atoms with Gasteiger partial charge in [0.1, 0.15) is 0 Å². The van der Waals surface area contributed by atoms with Crippen molar-refractivity contribution in [2.45, 2.75) is 12.6 Å². The molecule has 0 bridgehead atoms. The third-order valence-electron chi connectivity index (χ3n) is 3.51. The molecule has 2 aliphatic rings. The van der Waals surface area contributed by atoms with Gasteiger partial charge in [-0.3, -0.25) is 14.5 Å². The highest BCUT2D eigenvalue weighted by Crippen LogP contribution is 2.40. The summed E-state index contributed by atoms with van der Waals surface area (Å²) in [5.41, 5.74) is 0. The first kappa shape index (κ1) is 14.1. The van der Waals surface area contributed by atoms with Gasteiger partial charge in [-0.15, -0.1) is 0 Å². The largest absolute Gasteiger partial charge is 0.481 e. The molecule has 1 heterocycles. The van der Waals surface area contributed by atoms with Crippen LogP contribution in [0, 0.1) is 11.8 Å². The summed E-state index contributed by atoms with van der Waals surface area (Å²) in [7, 11) is 0. The van der Waals surface area contributed by atoms with E-state index in [9.17, 15) is 22.8 Å². The van der Waals surface area contributed by atoms with Crippen molar-refractivity contribution in [2.24, 2.45) is 11.8 Å². The number of carboxylic acids is 1. The van der Waals surface area contributed by atoms with Gasteiger partial charge in [-0.05, 0) is 6.42 Å². The van der Waals surface area contributed by atoms with Gasteiger partial charge in [0.15, 0.2) is 0 Å². The van der Waals surface area contributed by atoms with E-state index in [4.69, 9.17) is 5.11 Å². The molecule has 2 atom stereocenters. The third kappa shape index (κ3) is 3.59. The Bertz CT molecular complexity index is 378. The number of rotatable bonds is 3. The molecular weight excluding hydrogens is 265 g/mol. The van der Waals surface area contributed by atoms with E-state index >= 15 is 0 Å². The van der Waals surface area contributed by atoms with Gasteiger partial charge in [0.25, 0.3) is 0 Å². The molecular formula is C11H15F3N2O3. The van der Waals surface area contributed by atoms with Crippen LogP contribution in [-0.2, 0) is 9.59 Å². The number of hydrogen-bond acceptors (Lipinski definition) is 3. The summed E-state index contributed by atoms with van der Waals surface area (Å²) in [6.07, 6.45) is -3.88. The Balaban J connectivity index is 1.78. The van der Waals surface area contributed by atoms with Gasteiger partial charge in [0, 0.05) is 26.2 Å². The molecule has 8 heteroatoms. The molecule has 0 aromatic heterocycles. The van der Waals surface area contributed by atoms with Gasteiger partial charge in [0.2, 0.25) is 5.91 Å². The van der Waals surface area contributed by atoms with Crippen molar-refractivity contribution < 1.29 is 27.9 Å². The summed E-state index contributed by atoms with van der Waals surface area (Å²) >= 11 is 0. The predicted molar refractivity (Wildman–Crippen MR) is 58.3 cm³/mol. The van der Waals surface area contributed by atoms with Crippen molar-refractivity contribution in [3.8, 4) is 0 Å². The Kier molecular flexibility index (Phi) is 3.71. The molecule has 0 spiro atoms. The second-order valence-electron chi connectivity index (χ2n) is 5.00. The summed E-state index contributed by atoms with van der Waals surface area (Å²) < 4.78 is 36.6. The second kappa shape index (κ2) is 4.99. The highest BCUT2D eigenvalue weighted by molar-refractivity contribution is 5.89. The molecule has 1 saturated carbocycles. The van der Waals surface area contributed by atoms with Crippen molar-refractivity contribution in [3.63, 3.8) is 0 Å². The molecule has 1 N–H and O–H groups in total. The number of alkyl halides is 3. The molecule has 1 amide bonds. The van der Waals surface area contributed by atoms with Crippen LogP contribution in [0.15, 0.2) is 0 Å². The zero-order chi connectivity index (χ0) is 14.2. The first-order chi connectivity index (χ1) is 8.78. The molecule has 19 heavy (non-hydrogen) atoms. The summed E-state index contributed by atoms with van der Waals surface area (Å²) in [6, 6.07) is 0. The lowest BCUT2D eigenvalue weighted by Crippen LogP contribution is -2.51. The topological polar surface area (TPSA) is 60.9 Å². The number of aliphatic carboxylic acids is 1. The normalized spacial score (nSPS) is 28.3. The molecule has 2 fully saturated rings. The van der Waals surface area contributed by atoms with E-state index in [1.54, 1.807) is 0 Å². The number of nitrogens with zero attached hydrogens (tertiary/aromatic N) is 2. The van der Waals surface area contributed by atoms with Crippen LogP contribution >= 0.6 is 0 Å². The predicted octanol–water partition coefficient (Wildman–Crippen LogP) is 0.414. The summed E-state index contributed by atoms with van der Waals surface area (Å²) in [5, 5.41) is 8.74. The number of piperazine rings is 1. The Hall–Kier alpha value is -1.31. The lowest BCUT2D eigenvalue weighted by atomic mass is 10.2. The SMILES string of the molecule is O=C(O)C1CC1C(=O)N1CCN(CC(F)(F)F)CC1. The number of carbonyl (C=O) groups is 2. The molecule has 0 aromatic carbocycles. The van der Waals surface area contributed by atoms with Gasteiger partial charge in [-0.1, -0.05) is 0 Å². The third-order valence-corrected chi connectivity index (χ3v) is 3.51. The van der Waals surface area contributed by atoms with E-state index in [0.717, 1.165) is 0 Å². The van der Waals surface area contributed by atoms with E-state index in [1.807, 2.05) is 0 Å². The van der Waals surface area contributed by atoms with Crippen molar-refractivity contribution >= 4 is 11.9 Å². The minimum absolute atomic E-state index is 0.176. The molecule has 1 aliphatic carbocycles. The maximum absolute atomic E-state index is 12.2. The van der Waals surface area contributed by atoms with Crippen LogP contribution in [0.4, 0.5) is 13.2 Å². The summed E-state index contributed by atoms with van der Waals surface area (Å²) in [4.78, 5) is 25.3. The fraction of sp³-hybridized carbons (Fsp3) is 0.818. The lowest BCUT2D eigenvalue weighted by molar-refractivity contribution is -0.153. The minimum atomic E-state index is -4.23. The number of halogens is 3. The fourth-order valence-electron chi connectivity index (χ4n) is 2.36. The van der Waals surface area contributed by atoms with Crippen molar-refractivity contribution in [1.29, 1.82) is 0 Å². The monoisotopic (exact) mass is 280 g/mol. The van der Waals surface area contributed by atoms with E-state index in [2.05, 4.69) is 0 Å². The average molecular weight is 280 g/mol. The first-order valence-electron chi connectivity index (χ1n) is 6.08. The molecule has 108 valence electrons. The summed E-state index contributed by atoms with van der Waals surface area (Å²) in [6.45, 7) is -0.142. The molecule has 0 aromatic rings. The maximum atomic E-state index is 12.2. The van der Waals surface area contributed by atoms with E-state index in [-0.39, 0.29) is 32.1 Å². The Morgan fingerprint density at radius 3 is 2.11 bits per heavy atom. The van der Waals surface area contributed by atoms with Crippen LogP contribution in [-0.4, -0.2) is 65.7 Å². The van der Waals surface area contributed by atoms with Gasteiger partial charge in [-0.25, -0.2) is 0 Å². The van der Waals surface area contributed by atoms with Crippen LogP contribution in [0.3, 0.4) is 0 Å². The van der Waals surface area contributed by atoms with Crippen molar-refractivity contribution in [3.05, 3.63) is 0 Å². The van der Waals surface area contributed by atoms with Crippen LogP contribution in [0.2, 0.25) is 0 Å². The number of hydrogen-bond donors (Lipinski definition) is 1.